The van der Waals surface area contributed by atoms with Crippen LogP contribution in [0.5, 0.6) is 17.2 Å². The van der Waals surface area contributed by atoms with Crippen molar-refractivity contribution in [2.45, 2.75) is 64.5 Å². The lowest BCUT2D eigenvalue weighted by Crippen LogP contribution is -2.52. The van der Waals surface area contributed by atoms with E-state index >= 15 is 0 Å². The van der Waals surface area contributed by atoms with Gasteiger partial charge in [0, 0.05) is 31.0 Å². The molecule has 4 aromatic carbocycles. The number of hydrogen-bond donors (Lipinski definition) is 1. The van der Waals surface area contributed by atoms with Gasteiger partial charge in [-0.1, -0.05) is 60.7 Å². The van der Waals surface area contributed by atoms with Gasteiger partial charge in [-0.05, 0) is 98.7 Å². The number of amides is 2. The van der Waals surface area contributed by atoms with Crippen LogP contribution in [-0.4, -0.2) is 71.2 Å². The Labute approximate surface area is 294 Å². The number of nitrogens with zero attached hydrogens (tertiary/aromatic N) is 3. The van der Waals surface area contributed by atoms with Gasteiger partial charge in [0.25, 0.3) is 5.91 Å². The highest BCUT2D eigenvalue weighted by atomic mass is 16.5. The molecule has 4 aromatic rings. The maximum atomic E-state index is 14.7. The van der Waals surface area contributed by atoms with Crippen molar-refractivity contribution in [3.63, 3.8) is 0 Å². The van der Waals surface area contributed by atoms with Crippen LogP contribution in [0.15, 0.2) is 96.1 Å². The second-order valence-electron chi connectivity index (χ2n) is 13.7. The van der Waals surface area contributed by atoms with Gasteiger partial charge in [-0.15, -0.1) is 0 Å². The minimum atomic E-state index is -1.16. The van der Waals surface area contributed by atoms with Crippen LogP contribution in [0.4, 0.5) is 4.79 Å². The van der Waals surface area contributed by atoms with Crippen molar-refractivity contribution < 1.29 is 28.9 Å². The summed E-state index contributed by atoms with van der Waals surface area (Å²) >= 11 is 0. The predicted molar refractivity (Wildman–Crippen MR) is 194 cm³/mol. The molecule has 6 rings (SSSR count). The van der Waals surface area contributed by atoms with E-state index in [0.29, 0.717) is 43.2 Å². The molecule has 0 saturated heterocycles. The highest BCUT2D eigenvalue weighted by Gasteiger charge is 2.38. The summed E-state index contributed by atoms with van der Waals surface area (Å²) in [6, 6.07) is 28.3. The maximum absolute atomic E-state index is 14.7. The maximum Gasteiger partial charge on any atom is 0.408 e. The Bertz CT molecular complexity index is 1830. The normalized spacial score (nSPS) is 14.7. The van der Waals surface area contributed by atoms with Gasteiger partial charge < -0.3 is 19.3 Å². The predicted octanol–water partition coefficient (Wildman–Crippen LogP) is 8.00. The lowest BCUT2D eigenvalue weighted by molar-refractivity contribution is -0.136. The Balaban J connectivity index is 1.36. The van der Waals surface area contributed by atoms with Crippen molar-refractivity contribution in [1.82, 2.24) is 9.91 Å². The van der Waals surface area contributed by atoms with Crippen LogP contribution in [0.25, 0.3) is 11.1 Å². The van der Waals surface area contributed by atoms with Crippen LogP contribution >= 0.6 is 0 Å². The Kier molecular flexibility index (Phi) is 10.1. The third-order valence-corrected chi connectivity index (χ3v) is 9.10. The second-order valence-corrected chi connectivity index (χ2v) is 13.7. The van der Waals surface area contributed by atoms with E-state index in [2.05, 4.69) is 24.3 Å². The van der Waals surface area contributed by atoms with Crippen LogP contribution in [-0.2, 0) is 11.2 Å². The van der Waals surface area contributed by atoms with E-state index in [-0.39, 0.29) is 30.4 Å². The van der Waals surface area contributed by atoms with E-state index in [4.69, 9.17) is 19.3 Å². The summed E-state index contributed by atoms with van der Waals surface area (Å²) in [5.41, 5.74) is 6.30. The number of fused-ring (bicyclic) bond motifs is 3. The van der Waals surface area contributed by atoms with Gasteiger partial charge in [0.05, 0.1) is 19.4 Å². The topological polar surface area (TPSA) is 101 Å². The molecule has 0 spiro atoms. The van der Waals surface area contributed by atoms with Crippen LogP contribution in [0, 0.1) is 0 Å². The lowest BCUT2D eigenvalue weighted by Gasteiger charge is -2.34. The number of carbonyl (C=O) groups excluding carboxylic acids is 1. The minimum absolute atomic E-state index is 0.117. The fourth-order valence-corrected chi connectivity index (χ4v) is 6.89. The van der Waals surface area contributed by atoms with Crippen molar-refractivity contribution in [1.29, 1.82) is 0 Å². The number of carbonyl (C=O) groups is 2. The number of ether oxygens (including phenoxy) is 3. The molecule has 0 fully saturated rings. The number of benzene rings is 4. The Morgan fingerprint density at radius 1 is 0.940 bits per heavy atom. The number of hydrazone groups is 1. The van der Waals surface area contributed by atoms with E-state index in [9.17, 15) is 14.7 Å². The molecule has 1 aliphatic heterocycles. The minimum Gasteiger partial charge on any atom is -0.493 e. The van der Waals surface area contributed by atoms with E-state index in [1.54, 1.807) is 7.11 Å². The molecule has 9 heteroatoms. The molecule has 1 heterocycles. The highest BCUT2D eigenvalue weighted by molar-refractivity contribution is 6.02. The Morgan fingerprint density at radius 2 is 1.60 bits per heavy atom. The zero-order valence-electron chi connectivity index (χ0n) is 29.4. The van der Waals surface area contributed by atoms with Crippen molar-refractivity contribution in [3.8, 4) is 28.4 Å². The number of hydrogen-bond acceptors (Lipinski definition) is 6. The average molecular weight is 676 g/mol. The summed E-state index contributed by atoms with van der Waals surface area (Å²) in [7, 11) is 1.60. The molecule has 1 N–H and O–H groups in total. The molecule has 0 unspecified atom stereocenters. The van der Waals surface area contributed by atoms with Gasteiger partial charge in [-0.25, -0.2) is 9.80 Å². The zero-order valence-corrected chi connectivity index (χ0v) is 29.4. The number of methoxy groups -OCH3 is 1. The van der Waals surface area contributed by atoms with Gasteiger partial charge >= 0.3 is 6.09 Å². The van der Waals surface area contributed by atoms with Gasteiger partial charge in [0.15, 0.2) is 11.5 Å². The van der Waals surface area contributed by atoms with Crippen molar-refractivity contribution >= 4 is 17.7 Å². The summed E-state index contributed by atoms with van der Waals surface area (Å²) < 4.78 is 17.3. The van der Waals surface area contributed by atoms with Crippen LogP contribution in [0.2, 0.25) is 0 Å². The summed E-state index contributed by atoms with van der Waals surface area (Å²) in [5, 5.41) is 17.1. The highest BCUT2D eigenvalue weighted by Crippen LogP contribution is 2.45. The van der Waals surface area contributed by atoms with Crippen LogP contribution < -0.4 is 14.2 Å². The van der Waals surface area contributed by atoms with Crippen LogP contribution in [0.3, 0.4) is 0 Å². The van der Waals surface area contributed by atoms with E-state index in [0.717, 1.165) is 39.1 Å². The van der Waals surface area contributed by atoms with Gasteiger partial charge in [-0.2, -0.15) is 5.10 Å². The molecule has 260 valence electrons. The van der Waals surface area contributed by atoms with Gasteiger partial charge in [0.2, 0.25) is 0 Å². The summed E-state index contributed by atoms with van der Waals surface area (Å²) in [5.74, 6) is 1.33. The lowest BCUT2D eigenvalue weighted by atomic mass is 9.94. The molecule has 0 radical (unpaired) electrons. The SMILES string of the molecule is CCOc1cc(C2=NN(C(=O)[C@H](Cc3ccc(OC(C)(C)C)cc3)N(CC3c4ccccc4-c4ccccc43)C(=O)O)CCC2)ccc1OC. The summed E-state index contributed by atoms with van der Waals surface area (Å²) in [6.45, 7) is 8.83. The monoisotopic (exact) mass is 675 g/mol. The van der Waals surface area contributed by atoms with Crippen LogP contribution in [0.1, 0.15) is 68.7 Å². The summed E-state index contributed by atoms with van der Waals surface area (Å²) in [6.07, 6.45) is 0.369. The van der Waals surface area contributed by atoms with Crippen molar-refractivity contribution in [3.05, 3.63) is 113 Å². The second kappa shape index (κ2) is 14.7. The smallest absolute Gasteiger partial charge is 0.408 e. The summed E-state index contributed by atoms with van der Waals surface area (Å²) in [4.78, 5) is 29.2. The van der Waals surface area contributed by atoms with Crippen molar-refractivity contribution in [2.24, 2.45) is 5.10 Å². The first-order valence-corrected chi connectivity index (χ1v) is 17.2. The largest absolute Gasteiger partial charge is 0.493 e. The average Bonchev–Trinajstić information content (AvgIpc) is 3.43. The fraction of sp³-hybridized carbons (Fsp3) is 0.341. The fourth-order valence-electron chi connectivity index (χ4n) is 6.89. The quantitative estimate of drug-likeness (QED) is 0.173. The standard InChI is InChI=1S/C41H45N3O6/c1-6-49-38-25-28(19-22-37(38)48-5)35-16-11-23-44(42-35)39(45)36(24-27-17-20-29(21-18-27)50-41(2,3)4)43(40(46)47)26-34-32-14-9-7-12-30(32)31-13-8-10-15-33(31)34/h7-10,12-15,17-22,25,34,36H,6,11,16,23-24,26H2,1-5H3,(H,46,47)/t36-/m0/s1. The molecule has 50 heavy (non-hydrogen) atoms. The number of carboxylic acid groups (broad SMARTS) is 1. The van der Waals surface area contributed by atoms with E-state index in [1.165, 1.54) is 9.91 Å². The Hall–Kier alpha value is -5.31. The molecule has 1 atom stereocenters. The zero-order chi connectivity index (χ0) is 35.4. The van der Waals surface area contributed by atoms with E-state index in [1.807, 2.05) is 94.4 Å². The van der Waals surface area contributed by atoms with Crippen molar-refractivity contribution in [2.75, 3.05) is 26.8 Å². The first-order valence-electron chi connectivity index (χ1n) is 17.2. The van der Waals surface area contributed by atoms with E-state index < -0.39 is 12.1 Å². The molecule has 1 aliphatic carbocycles. The molecule has 0 bridgehead atoms. The first kappa shape index (κ1) is 34.5. The third-order valence-electron chi connectivity index (χ3n) is 9.10. The number of rotatable bonds is 11. The molecular weight excluding hydrogens is 630 g/mol. The Morgan fingerprint density at radius 3 is 2.20 bits per heavy atom. The molecule has 9 nitrogen and oxygen atoms in total. The molecule has 2 amide bonds. The molecule has 2 aliphatic rings. The molecule has 0 saturated carbocycles. The molecule has 0 aromatic heterocycles. The van der Waals surface area contributed by atoms with Gasteiger partial charge in [0.1, 0.15) is 17.4 Å². The first-order chi connectivity index (χ1) is 24.1. The third kappa shape index (κ3) is 7.47. The molecular formula is C41H45N3O6. The van der Waals surface area contributed by atoms with Gasteiger partial charge in [-0.3, -0.25) is 9.69 Å².